The van der Waals surface area contributed by atoms with Crippen LogP contribution in [0.15, 0.2) is 45.6 Å². The van der Waals surface area contributed by atoms with Crippen LogP contribution in [-0.4, -0.2) is 30.1 Å². The Balaban J connectivity index is 1.74. The van der Waals surface area contributed by atoms with Gasteiger partial charge in [-0.1, -0.05) is 26.0 Å². The number of fused-ring (bicyclic) bond motifs is 2. The lowest BCUT2D eigenvalue weighted by molar-refractivity contribution is -0.120. The molecule has 4 aromatic rings. The highest BCUT2D eigenvalue weighted by Gasteiger charge is 2.27. The Labute approximate surface area is 168 Å². The second-order valence-electron chi connectivity index (χ2n) is 6.97. The topological polar surface area (TPSA) is 111 Å². The number of nitrogens with one attached hydrogen (secondary N) is 1. The monoisotopic (exact) mass is 410 g/mol. The zero-order valence-corrected chi connectivity index (χ0v) is 16.8. The highest BCUT2D eigenvalue weighted by Crippen LogP contribution is 2.22. The predicted molar refractivity (Wildman–Crippen MR) is 110 cm³/mol. The van der Waals surface area contributed by atoms with Crippen molar-refractivity contribution in [2.45, 2.75) is 26.8 Å². The molecule has 0 aliphatic rings. The van der Waals surface area contributed by atoms with Crippen LogP contribution >= 0.6 is 11.3 Å². The first-order valence-electron chi connectivity index (χ1n) is 8.98. The van der Waals surface area contributed by atoms with Crippen LogP contribution in [-0.2, 0) is 4.79 Å². The highest BCUT2D eigenvalue weighted by molar-refractivity contribution is 7.15. The fraction of sp³-hybridized carbons (Fsp3) is 0.263. The van der Waals surface area contributed by atoms with Crippen LogP contribution in [0.25, 0.3) is 15.9 Å². The van der Waals surface area contributed by atoms with E-state index in [4.69, 9.17) is 0 Å². The van der Waals surface area contributed by atoms with Gasteiger partial charge in [0.25, 0.3) is 11.1 Å². The third kappa shape index (κ3) is 3.31. The van der Waals surface area contributed by atoms with Crippen LogP contribution in [0.2, 0.25) is 0 Å². The van der Waals surface area contributed by atoms with E-state index in [0.29, 0.717) is 21.7 Å². The lowest BCUT2D eigenvalue weighted by Gasteiger charge is -2.22. The standard InChI is InChI=1S/C19H18N6O3S/c1-10(2)15(24-9-20-13-7-5-4-6-12(13)18(24)28)17(27)21-14-8-29-19-22-16(26)11(3)23-25(14)19/h4-10,15H,1-3H3,(H,21,27). The molecule has 1 unspecified atom stereocenters. The van der Waals surface area contributed by atoms with Crippen molar-refractivity contribution in [3.8, 4) is 0 Å². The Morgan fingerprint density at radius 1 is 1.21 bits per heavy atom. The molecule has 0 saturated carbocycles. The first-order chi connectivity index (χ1) is 13.9. The van der Waals surface area contributed by atoms with E-state index < -0.39 is 11.6 Å². The molecular weight excluding hydrogens is 392 g/mol. The molecule has 0 aliphatic carbocycles. The summed E-state index contributed by atoms with van der Waals surface area (Å²) in [4.78, 5) is 46.4. The number of aryl methyl sites for hydroxylation is 1. The van der Waals surface area contributed by atoms with Crippen molar-refractivity contribution in [3.05, 3.63) is 62.4 Å². The lowest BCUT2D eigenvalue weighted by atomic mass is 10.0. The summed E-state index contributed by atoms with van der Waals surface area (Å²) in [7, 11) is 0. The van der Waals surface area contributed by atoms with Gasteiger partial charge in [0, 0.05) is 5.38 Å². The largest absolute Gasteiger partial charge is 0.308 e. The molecule has 3 heterocycles. The van der Waals surface area contributed by atoms with Gasteiger partial charge in [-0.2, -0.15) is 14.6 Å². The molecule has 1 atom stereocenters. The van der Waals surface area contributed by atoms with Gasteiger partial charge in [0.1, 0.15) is 17.6 Å². The Hall–Kier alpha value is -3.40. The van der Waals surface area contributed by atoms with E-state index in [1.165, 1.54) is 26.7 Å². The summed E-state index contributed by atoms with van der Waals surface area (Å²) in [6, 6.07) is 6.24. The van der Waals surface area contributed by atoms with Crippen molar-refractivity contribution in [2.75, 3.05) is 5.32 Å². The van der Waals surface area contributed by atoms with Crippen LogP contribution in [0.1, 0.15) is 25.6 Å². The van der Waals surface area contributed by atoms with Gasteiger partial charge < -0.3 is 5.32 Å². The number of thiazole rings is 1. The molecule has 1 aromatic carbocycles. The van der Waals surface area contributed by atoms with Gasteiger partial charge in [0.15, 0.2) is 0 Å². The van der Waals surface area contributed by atoms with Crippen molar-refractivity contribution in [1.29, 1.82) is 0 Å². The molecular formula is C19H18N6O3S. The third-order valence-corrected chi connectivity index (χ3v) is 5.40. The Morgan fingerprint density at radius 3 is 2.72 bits per heavy atom. The van der Waals surface area contributed by atoms with E-state index in [1.54, 1.807) is 36.6 Å². The number of amides is 1. The van der Waals surface area contributed by atoms with Gasteiger partial charge in [0.05, 0.1) is 17.2 Å². The number of aromatic nitrogens is 5. The Morgan fingerprint density at radius 2 is 1.97 bits per heavy atom. The molecule has 9 nitrogen and oxygen atoms in total. The maximum Gasteiger partial charge on any atom is 0.295 e. The molecule has 3 aromatic heterocycles. The molecule has 4 rings (SSSR count). The smallest absolute Gasteiger partial charge is 0.295 e. The van der Waals surface area contributed by atoms with Gasteiger partial charge in [-0.15, -0.1) is 11.3 Å². The number of carbonyl (C=O) groups excluding carboxylic acids is 1. The minimum Gasteiger partial charge on any atom is -0.308 e. The van der Waals surface area contributed by atoms with E-state index >= 15 is 0 Å². The first-order valence-corrected chi connectivity index (χ1v) is 9.86. The van der Waals surface area contributed by atoms with Crippen molar-refractivity contribution < 1.29 is 4.79 Å². The molecule has 0 fully saturated rings. The number of benzene rings is 1. The quantitative estimate of drug-likeness (QED) is 0.551. The van der Waals surface area contributed by atoms with E-state index in [1.807, 2.05) is 13.8 Å². The van der Waals surface area contributed by atoms with Gasteiger partial charge >= 0.3 is 0 Å². The first kappa shape index (κ1) is 18.9. The predicted octanol–water partition coefficient (Wildman–Crippen LogP) is 2.01. The summed E-state index contributed by atoms with van der Waals surface area (Å²) in [5, 5.41) is 9.10. The summed E-state index contributed by atoms with van der Waals surface area (Å²) in [5.74, 6) is -0.165. The number of hydrogen-bond donors (Lipinski definition) is 1. The third-order valence-electron chi connectivity index (χ3n) is 4.58. The zero-order chi connectivity index (χ0) is 20.7. The maximum atomic E-state index is 13.1. The number of para-hydroxylation sites is 1. The number of rotatable bonds is 4. The van der Waals surface area contributed by atoms with Crippen molar-refractivity contribution in [1.82, 2.24) is 24.1 Å². The maximum absolute atomic E-state index is 13.1. The van der Waals surface area contributed by atoms with Gasteiger partial charge in [0.2, 0.25) is 10.9 Å². The van der Waals surface area contributed by atoms with E-state index in [-0.39, 0.29) is 23.1 Å². The molecule has 0 radical (unpaired) electrons. The second kappa shape index (κ2) is 7.21. The minimum absolute atomic E-state index is 0.174. The van der Waals surface area contributed by atoms with Crippen molar-refractivity contribution in [3.63, 3.8) is 0 Å². The lowest BCUT2D eigenvalue weighted by Crippen LogP contribution is -2.36. The minimum atomic E-state index is -0.775. The molecule has 0 spiro atoms. The summed E-state index contributed by atoms with van der Waals surface area (Å²) in [5.41, 5.74) is 0.124. The van der Waals surface area contributed by atoms with Crippen LogP contribution in [0, 0.1) is 12.8 Å². The normalized spacial score (nSPS) is 12.6. The molecule has 10 heteroatoms. The number of carbonyl (C=O) groups is 1. The number of hydrogen-bond acceptors (Lipinski definition) is 7. The van der Waals surface area contributed by atoms with E-state index in [9.17, 15) is 14.4 Å². The van der Waals surface area contributed by atoms with Crippen molar-refractivity contribution in [2.24, 2.45) is 5.92 Å². The SMILES string of the molecule is Cc1nn2c(NC(=O)C(C(C)C)n3cnc4ccccc4c3=O)csc2nc1=O. The average Bonchev–Trinajstić information content (AvgIpc) is 3.05. The molecule has 0 aliphatic heterocycles. The van der Waals surface area contributed by atoms with Crippen LogP contribution in [0.3, 0.4) is 0 Å². The van der Waals surface area contributed by atoms with Gasteiger partial charge in [-0.25, -0.2) is 4.98 Å². The van der Waals surface area contributed by atoms with Crippen LogP contribution < -0.4 is 16.4 Å². The highest BCUT2D eigenvalue weighted by atomic mass is 32.1. The second-order valence-corrected chi connectivity index (χ2v) is 7.81. The Kier molecular flexibility index (Phi) is 4.71. The van der Waals surface area contributed by atoms with E-state index in [0.717, 1.165) is 0 Å². The zero-order valence-electron chi connectivity index (χ0n) is 16.0. The van der Waals surface area contributed by atoms with Crippen molar-refractivity contribution >= 4 is 38.9 Å². The number of anilines is 1. The van der Waals surface area contributed by atoms with E-state index in [2.05, 4.69) is 20.4 Å². The van der Waals surface area contributed by atoms with Crippen LogP contribution in [0.4, 0.5) is 5.82 Å². The molecule has 29 heavy (non-hydrogen) atoms. The Bertz CT molecular complexity index is 1350. The fourth-order valence-corrected chi connectivity index (χ4v) is 3.91. The summed E-state index contributed by atoms with van der Waals surface area (Å²) in [6.07, 6.45) is 1.40. The number of nitrogens with zero attached hydrogens (tertiary/aromatic N) is 5. The molecule has 1 N–H and O–H groups in total. The molecule has 0 bridgehead atoms. The van der Waals surface area contributed by atoms with Gasteiger partial charge in [-0.05, 0) is 25.0 Å². The van der Waals surface area contributed by atoms with Crippen LogP contribution in [0.5, 0.6) is 0 Å². The molecule has 1 amide bonds. The summed E-state index contributed by atoms with van der Waals surface area (Å²) >= 11 is 1.19. The average molecular weight is 410 g/mol. The molecule has 0 saturated heterocycles. The fourth-order valence-electron chi connectivity index (χ4n) is 3.16. The molecule has 148 valence electrons. The van der Waals surface area contributed by atoms with Gasteiger partial charge in [-0.3, -0.25) is 19.0 Å². The summed E-state index contributed by atoms with van der Waals surface area (Å²) < 4.78 is 2.77. The summed E-state index contributed by atoms with van der Waals surface area (Å²) in [6.45, 7) is 5.28.